The number of benzene rings is 2. The number of ether oxygens (including phenoxy) is 2. The minimum Gasteiger partial charge on any atom is -0.494 e. The number of nitrogens with zero attached hydrogens (tertiary/aromatic N) is 2. The van der Waals surface area contributed by atoms with Gasteiger partial charge >= 0.3 is 0 Å². The third kappa shape index (κ3) is 5.16. The number of likely N-dealkylation sites (tertiary alicyclic amines) is 1. The summed E-state index contributed by atoms with van der Waals surface area (Å²) in [5.74, 6) is 0.00539. The van der Waals surface area contributed by atoms with Crippen molar-refractivity contribution < 1.29 is 13.9 Å². The van der Waals surface area contributed by atoms with Crippen LogP contribution in [0.5, 0.6) is 5.75 Å². The van der Waals surface area contributed by atoms with Crippen molar-refractivity contribution in [3.8, 4) is 5.75 Å². The van der Waals surface area contributed by atoms with Crippen LogP contribution in [0.15, 0.2) is 48.5 Å². The molecule has 1 atom stereocenters. The topological polar surface area (TPSA) is 24.9 Å². The van der Waals surface area contributed by atoms with E-state index in [-0.39, 0.29) is 11.4 Å². The lowest BCUT2D eigenvalue weighted by Gasteiger charge is -2.40. The van der Waals surface area contributed by atoms with E-state index < -0.39 is 0 Å². The fraction of sp³-hybridized carbons (Fsp3) is 0.500. The fourth-order valence-electron chi connectivity index (χ4n) is 4.64. The Morgan fingerprint density at radius 2 is 1.86 bits per heavy atom. The molecule has 2 aliphatic rings. The molecule has 0 aliphatic carbocycles. The number of methoxy groups -OCH3 is 1. The van der Waals surface area contributed by atoms with Crippen LogP contribution in [0.25, 0.3) is 0 Å². The molecule has 1 unspecified atom stereocenters. The molecule has 0 radical (unpaired) electrons. The number of hydrogen-bond donors (Lipinski definition) is 0. The van der Waals surface area contributed by atoms with Crippen LogP contribution in [0.1, 0.15) is 24.0 Å². The van der Waals surface area contributed by atoms with E-state index in [1.807, 2.05) is 6.07 Å². The van der Waals surface area contributed by atoms with Crippen LogP contribution < -0.4 is 4.74 Å². The second kappa shape index (κ2) is 9.24. The monoisotopic (exact) mass is 398 g/mol. The highest BCUT2D eigenvalue weighted by Gasteiger charge is 2.42. The van der Waals surface area contributed by atoms with Gasteiger partial charge in [0.15, 0.2) is 11.6 Å². The van der Waals surface area contributed by atoms with Crippen molar-refractivity contribution in [1.29, 1.82) is 0 Å². The number of aryl methyl sites for hydroxylation is 1. The van der Waals surface area contributed by atoms with E-state index in [2.05, 4.69) is 40.1 Å². The Labute approximate surface area is 173 Å². The molecule has 0 N–H and O–H groups in total. The second-order valence-corrected chi connectivity index (χ2v) is 8.33. The molecule has 2 heterocycles. The average Bonchev–Trinajstić information content (AvgIpc) is 3.11. The summed E-state index contributed by atoms with van der Waals surface area (Å²) in [6.07, 6.45) is 3.36. The molecule has 2 aromatic carbocycles. The first-order valence-electron chi connectivity index (χ1n) is 10.6. The molecule has 1 spiro atoms. The minimum absolute atomic E-state index is 0.0604. The first kappa shape index (κ1) is 20.3. The first-order valence-corrected chi connectivity index (χ1v) is 10.6. The van der Waals surface area contributed by atoms with Crippen molar-refractivity contribution in [2.75, 3.05) is 46.4 Å². The Balaban J connectivity index is 1.28. The fourth-order valence-corrected chi connectivity index (χ4v) is 4.64. The van der Waals surface area contributed by atoms with E-state index in [0.717, 1.165) is 64.3 Å². The Bertz CT molecular complexity index is 801. The van der Waals surface area contributed by atoms with Crippen LogP contribution in [0.3, 0.4) is 0 Å². The molecule has 2 aromatic rings. The van der Waals surface area contributed by atoms with Crippen molar-refractivity contribution >= 4 is 0 Å². The smallest absolute Gasteiger partial charge is 0.165 e. The largest absolute Gasteiger partial charge is 0.494 e. The second-order valence-electron chi connectivity index (χ2n) is 8.33. The summed E-state index contributed by atoms with van der Waals surface area (Å²) in [6, 6.07) is 15.9. The molecule has 0 bridgehead atoms. The molecule has 2 fully saturated rings. The van der Waals surface area contributed by atoms with E-state index in [0.29, 0.717) is 5.75 Å². The predicted molar refractivity (Wildman–Crippen MR) is 113 cm³/mol. The van der Waals surface area contributed by atoms with Gasteiger partial charge in [0.25, 0.3) is 0 Å². The predicted octanol–water partition coefficient (Wildman–Crippen LogP) is 3.74. The quantitative estimate of drug-likeness (QED) is 0.709. The van der Waals surface area contributed by atoms with Crippen LogP contribution in [0.4, 0.5) is 4.39 Å². The number of rotatable bonds is 7. The summed E-state index contributed by atoms with van der Waals surface area (Å²) < 4.78 is 25.1. The normalized spacial score (nSPS) is 23.0. The van der Waals surface area contributed by atoms with E-state index in [1.54, 1.807) is 6.07 Å². The van der Waals surface area contributed by atoms with Gasteiger partial charge in [-0.05, 0) is 49.1 Å². The Morgan fingerprint density at radius 1 is 1.03 bits per heavy atom. The molecule has 156 valence electrons. The maximum absolute atomic E-state index is 13.7. The molecule has 2 aliphatic heterocycles. The minimum atomic E-state index is -0.309. The zero-order valence-electron chi connectivity index (χ0n) is 17.3. The summed E-state index contributed by atoms with van der Waals surface area (Å²) in [7, 11) is 1.51. The van der Waals surface area contributed by atoms with E-state index in [9.17, 15) is 4.39 Å². The maximum atomic E-state index is 13.7. The molecule has 5 heteroatoms. The summed E-state index contributed by atoms with van der Waals surface area (Å²) >= 11 is 0. The van der Waals surface area contributed by atoms with Gasteiger partial charge in [-0.1, -0.05) is 36.4 Å². The van der Waals surface area contributed by atoms with Crippen molar-refractivity contribution in [3.63, 3.8) is 0 Å². The summed E-state index contributed by atoms with van der Waals surface area (Å²) in [5, 5.41) is 0. The third-order valence-electron chi connectivity index (χ3n) is 6.13. The molecule has 2 saturated heterocycles. The highest BCUT2D eigenvalue weighted by Crippen LogP contribution is 2.31. The first-order chi connectivity index (χ1) is 14.2. The van der Waals surface area contributed by atoms with E-state index in [4.69, 9.17) is 9.47 Å². The Kier molecular flexibility index (Phi) is 6.48. The van der Waals surface area contributed by atoms with Gasteiger partial charge in [0.1, 0.15) is 0 Å². The van der Waals surface area contributed by atoms with E-state index in [1.165, 1.54) is 25.2 Å². The van der Waals surface area contributed by atoms with Gasteiger partial charge in [-0.2, -0.15) is 0 Å². The van der Waals surface area contributed by atoms with Crippen molar-refractivity contribution in [2.45, 2.75) is 31.4 Å². The maximum Gasteiger partial charge on any atom is 0.165 e. The molecule has 0 aromatic heterocycles. The van der Waals surface area contributed by atoms with Crippen molar-refractivity contribution in [1.82, 2.24) is 9.80 Å². The molecule has 0 saturated carbocycles. The van der Waals surface area contributed by atoms with Gasteiger partial charge < -0.3 is 9.47 Å². The van der Waals surface area contributed by atoms with Crippen LogP contribution >= 0.6 is 0 Å². The molecular weight excluding hydrogens is 367 g/mol. The standard InChI is InChI=1S/C24H31FN2O2/c1-28-23-16-21(9-10-22(23)25)17-27-13-11-24(19-27)18-26(14-15-29-24)12-5-8-20-6-3-2-4-7-20/h2-4,6-7,9-10,16H,5,8,11-15,17-19H2,1H3. The highest BCUT2D eigenvalue weighted by molar-refractivity contribution is 5.30. The lowest BCUT2D eigenvalue weighted by Crippen LogP contribution is -2.53. The van der Waals surface area contributed by atoms with Crippen LogP contribution in [0.2, 0.25) is 0 Å². The zero-order valence-corrected chi connectivity index (χ0v) is 17.3. The van der Waals surface area contributed by atoms with Gasteiger partial charge in [0.2, 0.25) is 0 Å². The molecule has 4 rings (SSSR count). The third-order valence-corrected chi connectivity index (χ3v) is 6.13. The molecule has 29 heavy (non-hydrogen) atoms. The number of halogens is 1. The SMILES string of the molecule is COc1cc(CN2CCC3(CN(CCCc4ccccc4)CCO3)C2)ccc1F. The summed E-state index contributed by atoms with van der Waals surface area (Å²) in [5.41, 5.74) is 2.43. The summed E-state index contributed by atoms with van der Waals surface area (Å²) in [6.45, 7) is 6.70. The van der Waals surface area contributed by atoms with Gasteiger partial charge in [-0.3, -0.25) is 9.80 Å². The lowest BCUT2D eigenvalue weighted by atomic mass is 10.00. The van der Waals surface area contributed by atoms with Gasteiger partial charge in [-0.15, -0.1) is 0 Å². The zero-order chi connectivity index (χ0) is 20.1. The van der Waals surface area contributed by atoms with Crippen molar-refractivity contribution in [2.24, 2.45) is 0 Å². The average molecular weight is 399 g/mol. The lowest BCUT2D eigenvalue weighted by molar-refractivity contribution is -0.101. The number of hydrogen-bond acceptors (Lipinski definition) is 4. The van der Waals surface area contributed by atoms with Crippen LogP contribution in [-0.4, -0.2) is 61.8 Å². The van der Waals surface area contributed by atoms with Gasteiger partial charge in [-0.25, -0.2) is 4.39 Å². The molecular formula is C24H31FN2O2. The number of morpholine rings is 1. The van der Waals surface area contributed by atoms with Crippen LogP contribution in [0, 0.1) is 5.82 Å². The van der Waals surface area contributed by atoms with E-state index >= 15 is 0 Å². The Hall–Kier alpha value is -1.95. The van der Waals surface area contributed by atoms with Crippen LogP contribution in [-0.2, 0) is 17.7 Å². The molecule has 0 amide bonds. The molecule has 4 nitrogen and oxygen atoms in total. The summed E-state index contributed by atoms with van der Waals surface area (Å²) in [4.78, 5) is 4.98. The highest BCUT2D eigenvalue weighted by atomic mass is 19.1. The van der Waals surface area contributed by atoms with Crippen molar-refractivity contribution in [3.05, 3.63) is 65.5 Å². The Morgan fingerprint density at radius 3 is 2.69 bits per heavy atom. The van der Waals surface area contributed by atoms with Gasteiger partial charge in [0.05, 0.1) is 19.3 Å². The van der Waals surface area contributed by atoms with Gasteiger partial charge in [0, 0.05) is 32.7 Å².